The average Bonchev–Trinajstić information content (AvgIpc) is 2.41. The van der Waals surface area contributed by atoms with Crippen molar-refractivity contribution >= 4 is 0 Å². The van der Waals surface area contributed by atoms with E-state index in [2.05, 4.69) is 49.9 Å². The third-order valence-corrected chi connectivity index (χ3v) is 4.32. The van der Waals surface area contributed by atoms with E-state index in [9.17, 15) is 5.11 Å². The highest BCUT2D eigenvalue weighted by atomic mass is 16.3. The van der Waals surface area contributed by atoms with Gasteiger partial charge in [-0.2, -0.15) is 0 Å². The summed E-state index contributed by atoms with van der Waals surface area (Å²) in [6, 6.07) is 9.14. The molecular formula is C17H28N2O. The first kappa shape index (κ1) is 15.5. The largest absolute Gasteiger partial charge is 0.393 e. The molecule has 1 heterocycles. The molecule has 3 nitrogen and oxygen atoms in total. The molecule has 0 aliphatic carbocycles. The van der Waals surface area contributed by atoms with Crippen LogP contribution in [0.25, 0.3) is 0 Å². The summed E-state index contributed by atoms with van der Waals surface area (Å²) in [6.07, 6.45) is 1.58. The Morgan fingerprint density at radius 1 is 1.20 bits per heavy atom. The summed E-state index contributed by atoms with van der Waals surface area (Å²) < 4.78 is 0. The molecule has 3 N–H and O–H groups in total. The number of rotatable bonds is 3. The van der Waals surface area contributed by atoms with Crippen LogP contribution < -0.4 is 5.73 Å². The standard InChI is InChI=1S/C17H28N2O/c1-17(2,3)14-6-4-13(5-7-14)16(12-18)19-10-8-15(20)9-11-19/h4-7,15-16,20H,8-12,18H2,1-3H3. The quantitative estimate of drug-likeness (QED) is 0.891. The molecule has 1 aliphatic heterocycles. The van der Waals surface area contributed by atoms with Gasteiger partial charge in [0.15, 0.2) is 0 Å². The molecule has 1 unspecified atom stereocenters. The smallest absolute Gasteiger partial charge is 0.0564 e. The first-order valence-electron chi connectivity index (χ1n) is 7.64. The number of hydrogen-bond donors (Lipinski definition) is 2. The lowest BCUT2D eigenvalue weighted by atomic mass is 9.86. The molecule has 1 aromatic rings. The van der Waals surface area contributed by atoms with Crippen molar-refractivity contribution in [2.45, 2.75) is 51.2 Å². The molecule has 20 heavy (non-hydrogen) atoms. The number of likely N-dealkylation sites (tertiary alicyclic amines) is 1. The van der Waals surface area contributed by atoms with Crippen LogP contribution in [0.1, 0.15) is 50.8 Å². The van der Waals surface area contributed by atoms with Crippen LogP contribution in [0.5, 0.6) is 0 Å². The van der Waals surface area contributed by atoms with E-state index >= 15 is 0 Å². The number of hydrogen-bond acceptors (Lipinski definition) is 3. The molecule has 2 rings (SSSR count). The first-order chi connectivity index (χ1) is 9.41. The van der Waals surface area contributed by atoms with E-state index in [1.54, 1.807) is 0 Å². The van der Waals surface area contributed by atoms with Gasteiger partial charge in [-0.15, -0.1) is 0 Å². The number of aliphatic hydroxyl groups excluding tert-OH is 1. The van der Waals surface area contributed by atoms with Gasteiger partial charge in [0.2, 0.25) is 0 Å². The van der Waals surface area contributed by atoms with Crippen molar-refractivity contribution in [3.63, 3.8) is 0 Å². The Labute approximate surface area is 122 Å². The molecule has 1 saturated heterocycles. The Kier molecular flexibility index (Phi) is 4.84. The third-order valence-electron chi connectivity index (χ3n) is 4.32. The van der Waals surface area contributed by atoms with Crippen molar-refractivity contribution in [1.29, 1.82) is 0 Å². The summed E-state index contributed by atoms with van der Waals surface area (Å²) >= 11 is 0. The minimum atomic E-state index is -0.132. The number of aliphatic hydroxyl groups is 1. The zero-order chi connectivity index (χ0) is 14.8. The highest BCUT2D eigenvalue weighted by Crippen LogP contribution is 2.27. The molecule has 0 saturated carbocycles. The van der Waals surface area contributed by atoms with E-state index in [-0.39, 0.29) is 17.6 Å². The number of benzene rings is 1. The molecule has 1 aromatic carbocycles. The average molecular weight is 276 g/mol. The fourth-order valence-electron chi connectivity index (χ4n) is 2.90. The minimum absolute atomic E-state index is 0.132. The zero-order valence-electron chi connectivity index (χ0n) is 13.0. The van der Waals surface area contributed by atoms with Crippen LogP contribution >= 0.6 is 0 Å². The van der Waals surface area contributed by atoms with Crippen LogP contribution in [0.15, 0.2) is 24.3 Å². The Morgan fingerprint density at radius 2 is 1.75 bits per heavy atom. The molecule has 1 aliphatic rings. The summed E-state index contributed by atoms with van der Waals surface area (Å²) in [7, 11) is 0. The topological polar surface area (TPSA) is 49.5 Å². The van der Waals surface area contributed by atoms with Gasteiger partial charge >= 0.3 is 0 Å². The summed E-state index contributed by atoms with van der Waals surface area (Å²) in [5.74, 6) is 0. The van der Waals surface area contributed by atoms with Gasteiger partial charge < -0.3 is 10.8 Å². The summed E-state index contributed by atoms with van der Waals surface area (Å²) in [5, 5.41) is 9.62. The monoisotopic (exact) mass is 276 g/mol. The van der Waals surface area contributed by atoms with Gasteiger partial charge in [-0.1, -0.05) is 45.0 Å². The van der Waals surface area contributed by atoms with E-state index < -0.39 is 0 Å². The van der Waals surface area contributed by atoms with Crippen LogP contribution in [0.2, 0.25) is 0 Å². The number of nitrogens with zero attached hydrogens (tertiary/aromatic N) is 1. The SMILES string of the molecule is CC(C)(C)c1ccc(C(CN)N2CCC(O)CC2)cc1. The number of piperidine rings is 1. The highest BCUT2D eigenvalue weighted by molar-refractivity contribution is 5.29. The van der Waals surface area contributed by atoms with Gasteiger partial charge in [-0.05, 0) is 29.4 Å². The normalized spacial score (nSPS) is 20.1. The van der Waals surface area contributed by atoms with Crippen molar-refractivity contribution < 1.29 is 5.11 Å². The fourth-order valence-corrected chi connectivity index (χ4v) is 2.90. The second-order valence-corrected chi connectivity index (χ2v) is 6.89. The minimum Gasteiger partial charge on any atom is -0.393 e. The van der Waals surface area contributed by atoms with E-state index in [4.69, 9.17) is 5.73 Å². The van der Waals surface area contributed by atoms with Gasteiger partial charge in [-0.3, -0.25) is 4.90 Å². The maximum atomic E-state index is 9.62. The molecule has 1 fully saturated rings. The van der Waals surface area contributed by atoms with Crippen LogP contribution in [0.3, 0.4) is 0 Å². The van der Waals surface area contributed by atoms with Gasteiger partial charge in [0, 0.05) is 25.7 Å². The maximum absolute atomic E-state index is 9.62. The van der Waals surface area contributed by atoms with Crippen LogP contribution in [-0.4, -0.2) is 35.7 Å². The van der Waals surface area contributed by atoms with Crippen molar-refractivity contribution in [2.75, 3.05) is 19.6 Å². The first-order valence-corrected chi connectivity index (χ1v) is 7.64. The van der Waals surface area contributed by atoms with Crippen molar-refractivity contribution in [1.82, 2.24) is 4.90 Å². The van der Waals surface area contributed by atoms with Crippen LogP contribution in [0.4, 0.5) is 0 Å². The Balaban J connectivity index is 2.11. The fraction of sp³-hybridized carbons (Fsp3) is 0.647. The lowest BCUT2D eigenvalue weighted by Gasteiger charge is -2.36. The molecule has 1 atom stereocenters. The van der Waals surface area contributed by atoms with Crippen molar-refractivity contribution in [3.8, 4) is 0 Å². The van der Waals surface area contributed by atoms with E-state index in [0.717, 1.165) is 25.9 Å². The van der Waals surface area contributed by atoms with Crippen LogP contribution in [-0.2, 0) is 5.41 Å². The summed E-state index contributed by atoms with van der Waals surface area (Å²) in [5.41, 5.74) is 8.82. The maximum Gasteiger partial charge on any atom is 0.0564 e. The molecule has 3 heteroatoms. The van der Waals surface area contributed by atoms with Crippen LogP contribution in [0, 0.1) is 0 Å². The predicted molar refractivity (Wildman–Crippen MR) is 83.8 cm³/mol. The predicted octanol–water partition coefficient (Wildman–Crippen LogP) is 2.44. The molecular weight excluding hydrogens is 248 g/mol. The molecule has 0 spiro atoms. The summed E-state index contributed by atoms with van der Waals surface area (Å²) in [6.45, 7) is 9.19. The third kappa shape index (κ3) is 3.60. The lowest BCUT2D eigenvalue weighted by molar-refractivity contribution is 0.0622. The second-order valence-electron chi connectivity index (χ2n) is 6.89. The molecule has 0 amide bonds. The lowest BCUT2D eigenvalue weighted by Crippen LogP contribution is -2.41. The zero-order valence-corrected chi connectivity index (χ0v) is 13.0. The van der Waals surface area contributed by atoms with E-state index in [1.165, 1.54) is 11.1 Å². The summed E-state index contributed by atoms with van der Waals surface area (Å²) in [4.78, 5) is 2.40. The Morgan fingerprint density at radius 3 is 2.20 bits per heavy atom. The molecule has 0 bridgehead atoms. The van der Waals surface area contributed by atoms with Gasteiger partial charge in [0.1, 0.15) is 0 Å². The molecule has 0 aromatic heterocycles. The van der Waals surface area contributed by atoms with Gasteiger partial charge in [-0.25, -0.2) is 0 Å². The van der Waals surface area contributed by atoms with Crippen molar-refractivity contribution in [2.24, 2.45) is 5.73 Å². The second kappa shape index (κ2) is 6.25. The Hall–Kier alpha value is -0.900. The highest BCUT2D eigenvalue weighted by Gasteiger charge is 2.24. The van der Waals surface area contributed by atoms with Gasteiger partial charge in [0.25, 0.3) is 0 Å². The van der Waals surface area contributed by atoms with Crippen molar-refractivity contribution in [3.05, 3.63) is 35.4 Å². The Bertz CT molecular complexity index is 414. The van der Waals surface area contributed by atoms with E-state index in [0.29, 0.717) is 6.54 Å². The van der Waals surface area contributed by atoms with Gasteiger partial charge in [0.05, 0.1) is 6.10 Å². The number of nitrogens with two attached hydrogens (primary N) is 1. The molecule has 0 radical (unpaired) electrons. The molecule has 112 valence electrons. The van der Waals surface area contributed by atoms with E-state index in [1.807, 2.05) is 0 Å².